The van der Waals surface area contributed by atoms with Gasteiger partial charge in [0.15, 0.2) is 0 Å². The van der Waals surface area contributed by atoms with E-state index >= 15 is 0 Å². The first kappa shape index (κ1) is 28.8. The van der Waals surface area contributed by atoms with E-state index < -0.39 is 28.5 Å². The number of carbonyl (C=O) groups is 2. The lowest BCUT2D eigenvalue weighted by Gasteiger charge is -2.33. The Hall–Kier alpha value is -2.78. The molecule has 0 aliphatic heterocycles. The van der Waals surface area contributed by atoms with Gasteiger partial charge in [-0.2, -0.15) is 0 Å². The third-order valence-corrected chi connectivity index (χ3v) is 8.47. The van der Waals surface area contributed by atoms with E-state index in [1.165, 1.54) is 36.2 Å². The number of anilines is 1. The standard InChI is InChI=1S/C26H26Cl3N3O4S/c1-3-24(26(34)30-2)31(16-18-9-14-22(28)23(29)15-18)25(33)17-32(20-12-10-19(27)11-13-20)37(35,36)21-7-5-4-6-8-21/h4-15,24H,3,16-17H2,1-2H3,(H,30,34)/t24-/m0/s1. The molecule has 0 bridgehead atoms. The molecule has 3 aromatic rings. The summed E-state index contributed by atoms with van der Waals surface area (Å²) in [6, 6.07) is 18.0. The molecule has 0 saturated heterocycles. The fourth-order valence-corrected chi connectivity index (χ4v) is 5.66. The number of rotatable bonds is 10. The van der Waals surface area contributed by atoms with Crippen LogP contribution in [0.1, 0.15) is 18.9 Å². The zero-order valence-electron chi connectivity index (χ0n) is 20.2. The molecule has 3 aromatic carbocycles. The lowest BCUT2D eigenvalue weighted by molar-refractivity contribution is -0.140. The highest BCUT2D eigenvalue weighted by Crippen LogP contribution is 2.27. The van der Waals surface area contributed by atoms with Crippen LogP contribution in [0.15, 0.2) is 77.7 Å². The van der Waals surface area contributed by atoms with E-state index in [1.807, 2.05) is 0 Å². The topological polar surface area (TPSA) is 86.8 Å². The van der Waals surface area contributed by atoms with Crippen molar-refractivity contribution in [2.24, 2.45) is 0 Å². The third kappa shape index (κ3) is 6.96. The van der Waals surface area contributed by atoms with Gasteiger partial charge in [-0.1, -0.05) is 66.0 Å². The van der Waals surface area contributed by atoms with Gasteiger partial charge in [0.2, 0.25) is 11.8 Å². The predicted molar refractivity (Wildman–Crippen MR) is 148 cm³/mol. The van der Waals surface area contributed by atoms with Crippen molar-refractivity contribution in [1.29, 1.82) is 0 Å². The fourth-order valence-electron chi connectivity index (χ4n) is 3.78. The number of hydrogen-bond donors (Lipinski definition) is 1. The lowest BCUT2D eigenvalue weighted by atomic mass is 10.1. The Labute approximate surface area is 232 Å². The Morgan fingerprint density at radius 1 is 0.919 bits per heavy atom. The van der Waals surface area contributed by atoms with E-state index in [9.17, 15) is 18.0 Å². The summed E-state index contributed by atoms with van der Waals surface area (Å²) in [5.41, 5.74) is 0.887. The second-order valence-corrected chi connectivity index (χ2v) is 11.2. The van der Waals surface area contributed by atoms with Gasteiger partial charge in [-0.25, -0.2) is 8.42 Å². The Balaban J connectivity index is 2.05. The van der Waals surface area contributed by atoms with Crippen LogP contribution in [-0.4, -0.2) is 44.8 Å². The maximum Gasteiger partial charge on any atom is 0.264 e. The normalized spacial score (nSPS) is 12.0. The van der Waals surface area contributed by atoms with E-state index in [0.29, 0.717) is 27.1 Å². The molecule has 0 heterocycles. The number of benzene rings is 3. The summed E-state index contributed by atoms with van der Waals surface area (Å²) in [7, 11) is -2.66. The van der Waals surface area contributed by atoms with Crippen molar-refractivity contribution in [2.75, 3.05) is 17.9 Å². The number of likely N-dealkylation sites (N-methyl/N-ethyl adjacent to an activating group) is 1. The van der Waals surface area contributed by atoms with Crippen LogP contribution in [0.4, 0.5) is 5.69 Å². The first-order valence-electron chi connectivity index (χ1n) is 11.4. The summed E-state index contributed by atoms with van der Waals surface area (Å²) < 4.78 is 28.3. The van der Waals surface area contributed by atoms with Gasteiger partial charge in [0.05, 0.1) is 20.6 Å². The van der Waals surface area contributed by atoms with Crippen LogP contribution in [0.5, 0.6) is 0 Å². The second-order valence-electron chi connectivity index (χ2n) is 8.11. The largest absolute Gasteiger partial charge is 0.357 e. The van der Waals surface area contributed by atoms with Gasteiger partial charge in [0.25, 0.3) is 10.0 Å². The average Bonchev–Trinajstić information content (AvgIpc) is 2.89. The van der Waals surface area contributed by atoms with Crippen molar-refractivity contribution in [3.05, 3.63) is 93.4 Å². The second kappa shape index (κ2) is 12.6. The van der Waals surface area contributed by atoms with Crippen LogP contribution in [0.25, 0.3) is 0 Å². The molecule has 196 valence electrons. The number of sulfonamides is 1. The molecule has 0 aliphatic carbocycles. The van der Waals surface area contributed by atoms with Gasteiger partial charge in [0.1, 0.15) is 12.6 Å². The number of hydrogen-bond acceptors (Lipinski definition) is 4. The van der Waals surface area contributed by atoms with Crippen molar-refractivity contribution >= 4 is 62.3 Å². The van der Waals surface area contributed by atoms with E-state index in [4.69, 9.17) is 34.8 Å². The van der Waals surface area contributed by atoms with Crippen LogP contribution in [0, 0.1) is 0 Å². The zero-order chi connectivity index (χ0) is 27.2. The molecule has 0 saturated carbocycles. The highest BCUT2D eigenvalue weighted by Gasteiger charge is 2.33. The first-order chi connectivity index (χ1) is 17.6. The van der Waals surface area contributed by atoms with Crippen LogP contribution in [0.2, 0.25) is 15.1 Å². The number of nitrogens with zero attached hydrogens (tertiary/aromatic N) is 2. The Kier molecular flexibility index (Phi) is 9.84. The zero-order valence-corrected chi connectivity index (χ0v) is 23.3. The molecule has 0 aromatic heterocycles. The first-order valence-corrected chi connectivity index (χ1v) is 13.9. The summed E-state index contributed by atoms with van der Waals surface area (Å²) in [5.74, 6) is -0.948. The number of nitrogens with one attached hydrogen (secondary N) is 1. The summed E-state index contributed by atoms with van der Waals surface area (Å²) in [5, 5.41) is 3.65. The minimum atomic E-state index is -4.14. The molecule has 0 unspecified atom stereocenters. The summed E-state index contributed by atoms with van der Waals surface area (Å²) >= 11 is 18.2. The number of amides is 2. The van der Waals surface area contributed by atoms with Crippen LogP contribution >= 0.6 is 34.8 Å². The van der Waals surface area contributed by atoms with Crippen molar-refractivity contribution in [3.8, 4) is 0 Å². The highest BCUT2D eigenvalue weighted by molar-refractivity contribution is 7.92. The number of halogens is 3. The van der Waals surface area contributed by atoms with Gasteiger partial charge in [-0.3, -0.25) is 13.9 Å². The van der Waals surface area contributed by atoms with Crippen molar-refractivity contribution in [2.45, 2.75) is 30.8 Å². The van der Waals surface area contributed by atoms with Gasteiger partial charge < -0.3 is 10.2 Å². The minimum absolute atomic E-state index is 0.0154. The molecule has 3 rings (SSSR count). The molecular formula is C26H26Cl3N3O4S. The fraction of sp³-hybridized carbons (Fsp3) is 0.231. The Bertz CT molecular complexity index is 1350. The average molecular weight is 583 g/mol. The quantitative estimate of drug-likeness (QED) is 0.347. The molecule has 11 heteroatoms. The number of carbonyl (C=O) groups excluding carboxylic acids is 2. The molecule has 0 fully saturated rings. The minimum Gasteiger partial charge on any atom is -0.357 e. The van der Waals surface area contributed by atoms with Crippen LogP contribution < -0.4 is 9.62 Å². The van der Waals surface area contributed by atoms with E-state index in [-0.39, 0.29) is 23.0 Å². The summed E-state index contributed by atoms with van der Waals surface area (Å²) in [6.07, 6.45) is 0.305. The molecule has 2 amide bonds. The third-order valence-electron chi connectivity index (χ3n) is 5.69. The van der Waals surface area contributed by atoms with Gasteiger partial charge >= 0.3 is 0 Å². The van der Waals surface area contributed by atoms with E-state index in [2.05, 4.69) is 5.32 Å². The molecule has 1 atom stereocenters. The van der Waals surface area contributed by atoms with Gasteiger partial charge in [-0.15, -0.1) is 0 Å². The Morgan fingerprint density at radius 3 is 2.14 bits per heavy atom. The van der Waals surface area contributed by atoms with E-state index in [0.717, 1.165) is 4.31 Å². The molecule has 0 aliphatic rings. The smallest absolute Gasteiger partial charge is 0.264 e. The van der Waals surface area contributed by atoms with E-state index in [1.54, 1.807) is 55.5 Å². The SMILES string of the molecule is CC[C@@H](C(=O)NC)N(Cc1ccc(Cl)c(Cl)c1)C(=O)CN(c1ccc(Cl)cc1)S(=O)(=O)c1ccccc1. The maximum absolute atomic E-state index is 13.8. The van der Waals surface area contributed by atoms with Gasteiger partial charge in [0, 0.05) is 18.6 Å². The molecule has 0 spiro atoms. The molecule has 7 nitrogen and oxygen atoms in total. The molecular weight excluding hydrogens is 557 g/mol. The summed E-state index contributed by atoms with van der Waals surface area (Å²) in [6.45, 7) is 1.24. The molecule has 37 heavy (non-hydrogen) atoms. The highest BCUT2D eigenvalue weighted by atomic mass is 35.5. The summed E-state index contributed by atoms with van der Waals surface area (Å²) in [4.78, 5) is 27.9. The molecule has 0 radical (unpaired) electrons. The predicted octanol–water partition coefficient (Wildman–Crippen LogP) is 5.40. The van der Waals surface area contributed by atoms with Crippen LogP contribution in [0.3, 0.4) is 0 Å². The van der Waals surface area contributed by atoms with Crippen molar-refractivity contribution < 1.29 is 18.0 Å². The van der Waals surface area contributed by atoms with Crippen molar-refractivity contribution in [3.63, 3.8) is 0 Å². The van der Waals surface area contributed by atoms with Crippen molar-refractivity contribution in [1.82, 2.24) is 10.2 Å². The monoisotopic (exact) mass is 581 g/mol. The van der Waals surface area contributed by atoms with Crippen LogP contribution in [-0.2, 0) is 26.2 Å². The maximum atomic E-state index is 13.8. The lowest BCUT2D eigenvalue weighted by Crippen LogP contribution is -2.51. The van der Waals surface area contributed by atoms with Gasteiger partial charge in [-0.05, 0) is 60.5 Å². The Morgan fingerprint density at radius 2 is 1.57 bits per heavy atom. The molecule has 1 N–H and O–H groups in total.